The van der Waals surface area contributed by atoms with Gasteiger partial charge in [-0.05, 0) is 23.7 Å². The van der Waals surface area contributed by atoms with E-state index in [1.165, 1.54) is 0 Å². The van der Waals surface area contributed by atoms with Crippen molar-refractivity contribution >= 4 is 5.91 Å². The van der Waals surface area contributed by atoms with Crippen molar-refractivity contribution in [1.82, 2.24) is 4.90 Å². The number of hydrogen-bond acceptors (Lipinski definition) is 6. The molecule has 0 atom stereocenters. The first kappa shape index (κ1) is 30.3. The van der Waals surface area contributed by atoms with Crippen LogP contribution >= 0.6 is 0 Å². The van der Waals surface area contributed by atoms with E-state index in [1.807, 2.05) is 7.05 Å². The third kappa shape index (κ3) is 23.8. The van der Waals surface area contributed by atoms with Crippen molar-refractivity contribution in [1.29, 1.82) is 0 Å². The van der Waals surface area contributed by atoms with Gasteiger partial charge >= 0.3 is 0 Å². The fourth-order valence-electron chi connectivity index (χ4n) is 2.34. The highest BCUT2D eigenvalue weighted by molar-refractivity contribution is 5.75. The summed E-state index contributed by atoms with van der Waals surface area (Å²) in [5, 5.41) is 0. The van der Waals surface area contributed by atoms with Crippen molar-refractivity contribution in [2.75, 3.05) is 79.7 Å². The molecular formula is C24H49NO6. The molecule has 0 aliphatic carbocycles. The first-order chi connectivity index (χ1) is 14.5. The summed E-state index contributed by atoms with van der Waals surface area (Å²) in [5.74, 6) is 0.122. The highest BCUT2D eigenvalue weighted by atomic mass is 16.6. The zero-order valence-corrected chi connectivity index (χ0v) is 21.3. The SMILES string of the molecule is CN(CCC(C)(C)C)C(=O)CCOCCOCCOCCOCCOCCC(C)(C)C. The summed E-state index contributed by atoms with van der Waals surface area (Å²) < 4.78 is 27.4. The third-order valence-corrected chi connectivity index (χ3v) is 4.57. The Labute approximate surface area is 191 Å². The minimum Gasteiger partial charge on any atom is -0.379 e. The quantitative estimate of drug-likeness (QED) is 0.281. The second-order valence-electron chi connectivity index (χ2n) is 10.2. The molecule has 7 nitrogen and oxygen atoms in total. The van der Waals surface area contributed by atoms with Crippen molar-refractivity contribution in [3.63, 3.8) is 0 Å². The van der Waals surface area contributed by atoms with Gasteiger partial charge in [-0.3, -0.25) is 4.79 Å². The van der Waals surface area contributed by atoms with Gasteiger partial charge in [0, 0.05) is 20.2 Å². The molecule has 0 saturated carbocycles. The Hall–Kier alpha value is -0.730. The van der Waals surface area contributed by atoms with Gasteiger partial charge in [-0.25, -0.2) is 0 Å². The van der Waals surface area contributed by atoms with Gasteiger partial charge in [0.1, 0.15) is 0 Å². The predicted octanol–water partition coefficient (Wildman–Crippen LogP) is 3.79. The lowest BCUT2D eigenvalue weighted by Crippen LogP contribution is -2.30. The maximum atomic E-state index is 12.0. The second-order valence-corrected chi connectivity index (χ2v) is 10.2. The number of ether oxygens (including phenoxy) is 5. The maximum Gasteiger partial charge on any atom is 0.224 e. The summed E-state index contributed by atoms with van der Waals surface area (Å²) in [6, 6.07) is 0. The maximum absolute atomic E-state index is 12.0. The second kappa shape index (κ2) is 17.8. The van der Waals surface area contributed by atoms with Crippen LogP contribution in [0.3, 0.4) is 0 Å². The molecule has 0 rings (SSSR count). The average Bonchev–Trinajstić information content (AvgIpc) is 2.66. The van der Waals surface area contributed by atoms with Crippen molar-refractivity contribution in [2.24, 2.45) is 10.8 Å². The molecule has 186 valence electrons. The molecule has 0 spiro atoms. The molecule has 0 N–H and O–H groups in total. The molecule has 0 radical (unpaired) electrons. The molecule has 0 aliphatic rings. The van der Waals surface area contributed by atoms with Gasteiger partial charge in [-0.15, -0.1) is 0 Å². The van der Waals surface area contributed by atoms with E-state index in [9.17, 15) is 4.79 Å². The van der Waals surface area contributed by atoms with Crippen LogP contribution in [-0.4, -0.2) is 90.5 Å². The van der Waals surface area contributed by atoms with Gasteiger partial charge in [0.15, 0.2) is 0 Å². The van der Waals surface area contributed by atoms with Crippen LogP contribution in [0.15, 0.2) is 0 Å². The van der Waals surface area contributed by atoms with Crippen LogP contribution in [0.25, 0.3) is 0 Å². The summed E-state index contributed by atoms with van der Waals surface area (Å²) in [6.07, 6.45) is 2.45. The fourth-order valence-corrected chi connectivity index (χ4v) is 2.34. The third-order valence-electron chi connectivity index (χ3n) is 4.57. The highest BCUT2D eigenvalue weighted by Crippen LogP contribution is 2.18. The predicted molar refractivity (Wildman–Crippen MR) is 124 cm³/mol. The van der Waals surface area contributed by atoms with Gasteiger partial charge in [-0.2, -0.15) is 0 Å². The monoisotopic (exact) mass is 447 g/mol. The van der Waals surface area contributed by atoms with Crippen molar-refractivity contribution in [2.45, 2.75) is 60.8 Å². The van der Waals surface area contributed by atoms with E-state index in [2.05, 4.69) is 41.5 Å². The van der Waals surface area contributed by atoms with E-state index in [-0.39, 0.29) is 11.3 Å². The lowest BCUT2D eigenvalue weighted by molar-refractivity contribution is -0.131. The number of amides is 1. The lowest BCUT2D eigenvalue weighted by Gasteiger charge is -2.23. The van der Waals surface area contributed by atoms with E-state index >= 15 is 0 Å². The van der Waals surface area contributed by atoms with Gasteiger partial charge in [0.25, 0.3) is 0 Å². The molecule has 0 aliphatic heterocycles. The van der Waals surface area contributed by atoms with Crippen molar-refractivity contribution in [3.05, 3.63) is 0 Å². The first-order valence-corrected chi connectivity index (χ1v) is 11.6. The Balaban J connectivity index is 3.29. The average molecular weight is 448 g/mol. The Morgan fingerprint density at radius 1 is 0.581 bits per heavy atom. The Morgan fingerprint density at radius 3 is 1.32 bits per heavy atom. The minimum absolute atomic E-state index is 0.122. The fraction of sp³-hybridized carbons (Fsp3) is 0.958. The van der Waals surface area contributed by atoms with Crippen LogP contribution in [0.2, 0.25) is 0 Å². The van der Waals surface area contributed by atoms with E-state index in [0.717, 1.165) is 26.0 Å². The molecule has 0 aromatic heterocycles. The van der Waals surface area contributed by atoms with Gasteiger partial charge in [-0.1, -0.05) is 41.5 Å². The van der Waals surface area contributed by atoms with Gasteiger partial charge in [0.2, 0.25) is 5.91 Å². The molecule has 0 saturated heterocycles. The van der Waals surface area contributed by atoms with Crippen LogP contribution in [0.1, 0.15) is 60.8 Å². The van der Waals surface area contributed by atoms with Crippen molar-refractivity contribution in [3.8, 4) is 0 Å². The standard InChI is InChI=1S/C24H49NO6/c1-23(2,3)9-11-25(7)22(26)8-12-27-14-16-29-18-20-31-21-19-30-17-15-28-13-10-24(4,5)6/h8-21H2,1-7H3. The molecule has 0 heterocycles. The summed E-state index contributed by atoms with van der Waals surface area (Å²) in [4.78, 5) is 13.8. The van der Waals surface area contributed by atoms with Crippen LogP contribution in [0, 0.1) is 10.8 Å². The van der Waals surface area contributed by atoms with Crippen LogP contribution in [0.4, 0.5) is 0 Å². The number of carbonyl (C=O) groups is 1. The van der Waals surface area contributed by atoms with Crippen LogP contribution in [-0.2, 0) is 28.5 Å². The lowest BCUT2D eigenvalue weighted by atomic mass is 9.92. The molecule has 1 amide bonds. The molecule has 0 fully saturated rings. The van der Waals surface area contributed by atoms with E-state index in [4.69, 9.17) is 23.7 Å². The number of hydrogen-bond donors (Lipinski definition) is 0. The molecule has 31 heavy (non-hydrogen) atoms. The molecule has 0 unspecified atom stereocenters. The van der Waals surface area contributed by atoms with Gasteiger partial charge in [0.05, 0.1) is 65.9 Å². The summed E-state index contributed by atoms with van der Waals surface area (Å²) in [5.41, 5.74) is 0.546. The molecule has 0 aromatic carbocycles. The largest absolute Gasteiger partial charge is 0.379 e. The van der Waals surface area contributed by atoms with Gasteiger partial charge < -0.3 is 28.6 Å². The number of nitrogens with zero attached hydrogens (tertiary/aromatic N) is 1. The first-order valence-electron chi connectivity index (χ1n) is 11.6. The molecular weight excluding hydrogens is 398 g/mol. The highest BCUT2D eigenvalue weighted by Gasteiger charge is 2.14. The van der Waals surface area contributed by atoms with Crippen LogP contribution in [0.5, 0.6) is 0 Å². The molecule has 0 bridgehead atoms. The minimum atomic E-state index is 0.122. The topological polar surface area (TPSA) is 66.5 Å². The van der Waals surface area contributed by atoms with E-state index < -0.39 is 0 Å². The van der Waals surface area contributed by atoms with E-state index in [0.29, 0.717) is 71.3 Å². The zero-order chi connectivity index (χ0) is 23.6. The summed E-state index contributed by atoms with van der Waals surface area (Å²) >= 11 is 0. The normalized spacial score (nSPS) is 12.4. The number of carbonyl (C=O) groups excluding carboxylic acids is 1. The summed E-state index contributed by atoms with van der Waals surface area (Å²) in [6.45, 7) is 19.5. The van der Waals surface area contributed by atoms with Crippen LogP contribution < -0.4 is 0 Å². The zero-order valence-electron chi connectivity index (χ0n) is 21.3. The Bertz CT molecular complexity index is 431. The summed E-state index contributed by atoms with van der Waals surface area (Å²) in [7, 11) is 1.85. The number of rotatable bonds is 19. The molecule has 7 heteroatoms. The smallest absolute Gasteiger partial charge is 0.224 e. The van der Waals surface area contributed by atoms with E-state index in [1.54, 1.807) is 4.90 Å². The molecule has 0 aromatic rings. The Kier molecular flexibility index (Phi) is 17.4. The Morgan fingerprint density at radius 2 is 0.935 bits per heavy atom. The van der Waals surface area contributed by atoms with Crippen molar-refractivity contribution < 1.29 is 28.5 Å².